The Balaban J connectivity index is 2.45. The maximum atomic E-state index is 12.0. The molecule has 4 nitrogen and oxygen atoms in total. The van der Waals surface area contributed by atoms with Gasteiger partial charge in [-0.05, 0) is 44.2 Å². The molecular formula is C14H20F3NO3. The summed E-state index contributed by atoms with van der Waals surface area (Å²) >= 11 is 0. The van der Waals surface area contributed by atoms with E-state index >= 15 is 0 Å². The number of nitrogens with one attached hydrogen (secondary N) is 1. The molecule has 21 heavy (non-hydrogen) atoms. The molecule has 0 heterocycles. The van der Waals surface area contributed by atoms with Crippen molar-refractivity contribution < 1.29 is 27.8 Å². The van der Waals surface area contributed by atoms with Crippen LogP contribution in [0.15, 0.2) is 24.3 Å². The van der Waals surface area contributed by atoms with Crippen molar-refractivity contribution >= 4 is 0 Å². The largest absolute Gasteiger partial charge is 0.573 e. The second-order valence-corrected chi connectivity index (χ2v) is 4.98. The molecule has 7 heteroatoms. The number of hydrogen-bond donors (Lipinski definition) is 2. The van der Waals surface area contributed by atoms with Crippen molar-refractivity contribution in [1.29, 1.82) is 0 Å². The van der Waals surface area contributed by atoms with Crippen LogP contribution in [0.3, 0.4) is 0 Å². The molecule has 1 rings (SSSR count). The quantitative estimate of drug-likeness (QED) is 0.725. The summed E-state index contributed by atoms with van der Waals surface area (Å²) in [5, 5.41) is 13.1. The highest BCUT2D eigenvalue weighted by Crippen LogP contribution is 2.25. The van der Waals surface area contributed by atoms with E-state index in [4.69, 9.17) is 4.74 Å². The number of rotatable bonds is 8. The topological polar surface area (TPSA) is 50.7 Å². The van der Waals surface area contributed by atoms with Gasteiger partial charge in [-0.2, -0.15) is 0 Å². The average molecular weight is 307 g/mol. The van der Waals surface area contributed by atoms with Gasteiger partial charge in [-0.25, -0.2) is 0 Å². The Labute approximate surface area is 121 Å². The van der Waals surface area contributed by atoms with Crippen molar-refractivity contribution in [2.45, 2.75) is 32.2 Å². The fourth-order valence-electron chi connectivity index (χ4n) is 1.56. The van der Waals surface area contributed by atoms with Crippen molar-refractivity contribution in [2.24, 2.45) is 0 Å². The summed E-state index contributed by atoms with van der Waals surface area (Å²) in [6, 6.07) is 5.03. The lowest BCUT2D eigenvalue weighted by Crippen LogP contribution is -2.43. The number of halogens is 3. The third-order valence-corrected chi connectivity index (χ3v) is 2.54. The van der Waals surface area contributed by atoms with Gasteiger partial charge in [0.25, 0.3) is 0 Å². The molecular weight excluding hydrogens is 287 g/mol. The number of alkyl halides is 3. The highest BCUT2D eigenvalue weighted by atomic mass is 19.4. The highest BCUT2D eigenvalue weighted by Gasteiger charge is 2.31. The SMILES string of the molecule is CCCNCC(C)(O)COc1ccc(OC(F)(F)F)cc1. The fraction of sp³-hybridized carbons (Fsp3) is 0.571. The molecule has 0 spiro atoms. The molecule has 1 aromatic carbocycles. The van der Waals surface area contributed by atoms with Gasteiger partial charge in [-0.1, -0.05) is 6.92 Å². The first-order valence-electron chi connectivity index (χ1n) is 6.63. The molecule has 0 fully saturated rings. The summed E-state index contributed by atoms with van der Waals surface area (Å²) in [7, 11) is 0. The van der Waals surface area contributed by atoms with E-state index in [0.29, 0.717) is 12.3 Å². The molecule has 0 aliphatic rings. The number of ether oxygens (including phenoxy) is 2. The van der Waals surface area contributed by atoms with Crippen molar-refractivity contribution in [3.63, 3.8) is 0 Å². The molecule has 0 amide bonds. The minimum atomic E-state index is -4.71. The summed E-state index contributed by atoms with van der Waals surface area (Å²) in [6.07, 6.45) is -3.76. The smallest absolute Gasteiger partial charge is 0.491 e. The third kappa shape index (κ3) is 7.77. The summed E-state index contributed by atoms with van der Waals surface area (Å²) in [4.78, 5) is 0. The Morgan fingerprint density at radius 1 is 1.14 bits per heavy atom. The lowest BCUT2D eigenvalue weighted by molar-refractivity contribution is -0.274. The Morgan fingerprint density at radius 2 is 1.71 bits per heavy atom. The fourth-order valence-corrected chi connectivity index (χ4v) is 1.56. The van der Waals surface area contributed by atoms with Gasteiger partial charge in [0.15, 0.2) is 0 Å². The minimum absolute atomic E-state index is 0.0309. The zero-order valence-electron chi connectivity index (χ0n) is 12.0. The minimum Gasteiger partial charge on any atom is -0.491 e. The van der Waals surface area contributed by atoms with Crippen LogP contribution in [0.5, 0.6) is 11.5 Å². The van der Waals surface area contributed by atoms with E-state index in [9.17, 15) is 18.3 Å². The van der Waals surface area contributed by atoms with E-state index in [0.717, 1.165) is 25.1 Å². The first-order chi connectivity index (χ1) is 9.72. The van der Waals surface area contributed by atoms with Gasteiger partial charge in [0.05, 0.1) is 0 Å². The van der Waals surface area contributed by atoms with Gasteiger partial charge in [-0.3, -0.25) is 0 Å². The van der Waals surface area contributed by atoms with Crippen LogP contribution in [-0.4, -0.2) is 36.8 Å². The summed E-state index contributed by atoms with van der Waals surface area (Å²) < 4.78 is 45.1. The molecule has 0 aliphatic carbocycles. The van der Waals surface area contributed by atoms with E-state index in [1.165, 1.54) is 12.1 Å². The Bertz CT molecular complexity index is 418. The first-order valence-corrected chi connectivity index (χ1v) is 6.63. The zero-order chi connectivity index (χ0) is 15.9. The number of aliphatic hydroxyl groups is 1. The van der Waals surface area contributed by atoms with Crippen molar-refractivity contribution in [3.05, 3.63) is 24.3 Å². The number of hydrogen-bond acceptors (Lipinski definition) is 4. The van der Waals surface area contributed by atoms with Gasteiger partial charge in [0.1, 0.15) is 23.7 Å². The molecule has 0 saturated carbocycles. The van der Waals surface area contributed by atoms with Crippen LogP contribution < -0.4 is 14.8 Å². The molecule has 0 aliphatic heterocycles. The van der Waals surface area contributed by atoms with Crippen LogP contribution in [0.4, 0.5) is 13.2 Å². The van der Waals surface area contributed by atoms with E-state index in [1.807, 2.05) is 6.92 Å². The summed E-state index contributed by atoms with van der Waals surface area (Å²) in [5.41, 5.74) is -1.06. The molecule has 0 radical (unpaired) electrons. The van der Waals surface area contributed by atoms with Gasteiger partial charge >= 0.3 is 6.36 Å². The standard InChI is InChI=1S/C14H20F3NO3/c1-3-8-18-9-13(2,19)10-20-11-4-6-12(7-5-11)21-14(15,16)17/h4-7,18-19H,3,8-10H2,1-2H3. The summed E-state index contributed by atoms with van der Waals surface area (Å²) in [6.45, 7) is 4.83. The first kappa shape index (κ1) is 17.6. The van der Waals surface area contributed by atoms with Crippen molar-refractivity contribution in [2.75, 3.05) is 19.7 Å². The van der Waals surface area contributed by atoms with E-state index in [-0.39, 0.29) is 12.4 Å². The van der Waals surface area contributed by atoms with Gasteiger partial charge in [0, 0.05) is 6.54 Å². The van der Waals surface area contributed by atoms with Crippen molar-refractivity contribution in [1.82, 2.24) is 5.32 Å². The maximum Gasteiger partial charge on any atom is 0.573 e. The average Bonchev–Trinajstić information content (AvgIpc) is 2.36. The number of benzene rings is 1. The third-order valence-electron chi connectivity index (χ3n) is 2.54. The highest BCUT2D eigenvalue weighted by molar-refractivity contribution is 5.31. The van der Waals surface area contributed by atoms with E-state index in [1.54, 1.807) is 6.92 Å². The van der Waals surface area contributed by atoms with Gasteiger partial charge < -0.3 is 19.9 Å². The lowest BCUT2D eigenvalue weighted by atomic mass is 10.1. The molecule has 1 unspecified atom stereocenters. The van der Waals surface area contributed by atoms with E-state index in [2.05, 4.69) is 10.1 Å². The normalized spacial score (nSPS) is 14.6. The zero-order valence-corrected chi connectivity index (χ0v) is 12.0. The molecule has 0 bridgehead atoms. The van der Waals surface area contributed by atoms with Crippen LogP contribution in [0.1, 0.15) is 20.3 Å². The van der Waals surface area contributed by atoms with Crippen LogP contribution in [0, 0.1) is 0 Å². The predicted octanol–water partition coefficient (Wildman–Crippen LogP) is 2.71. The monoisotopic (exact) mass is 307 g/mol. The molecule has 0 aromatic heterocycles. The second-order valence-electron chi connectivity index (χ2n) is 4.98. The Kier molecular flexibility index (Phi) is 6.29. The molecule has 0 saturated heterocycles. The van der Waals surface area contributed by atoms with Crippen LogP contribution in [0.2, 0.25) is 0 Å². The Morgan fingerprint density at radius 3 is 2.24 bits per heavy atom. The molecule has 1 atom stereocenters. The second kappa shape index (κ2) is 7.51. The van der Waals surface area contributed by atoms with Gasteiger partial charge in [-0.15, -0.1) is 13.2 Å². The summed E-state index contributed by atoms with van der Waals surface area (Å²) in [5.74, 6) is 0.0477. The molecule has 120 valence electrons. The van der Waals surface area contributed by atoms with Crippen molar-refractivity contribution in [3.8, 4) is 11.5 Å². The Hall–Kier alpha value is -1.47. The molecule has 1 aromatic rings. The van der Waals surface area contributed by atoms with Crippen LogP contribution >= 0.6 is 0 Å². The molecule has 2 N–H and O–H groups in total. The van der Waals surface area contributed by atoms with Gasteiger partial charge in [0.2, 0.25) is 0 Å². The van der Waals surface area contributed by atoms with Crippen LogP contribution in [-0.2, 0) is 0 Å². The lowest BCUT2D eigenvalue weighted by Gasteiger charge is -2.24. The predicted molar refractivity (Wildman–Crippen MR) is 72.4 cm³/mol. The maximum absolute atomic E-state index is 12.0. The van der Waals surface area contributed by atoms with E-state index < -0.39 is 12.0 Å². The van der Waals surface area contributed by atoms with Crippen LogP contribution in [0.25, 0.3) is 0 Å².